The second-order valence-electron chi connectivity index (χ2n) is 10.3. The Hall–Kier alpha value is -2.94. The molecule has 1 aromatic carbocycles. The number of ketones is 1. The van der Waals surface area contributed by atoms with E-state index in [4.69, 9.17) is 14.0 Å². The SMILES string of the molecule is CCCS(=O)(=O)Nc1c(F)ccc(C(=O)c2nn(C3CCCCO3)c3ncc(B4OCC(C)(C)O4)cc23)c1F. The number of hydrogen-bond acceptors (Lipinski definition) is 8. The summed E-state index contributed by atoms with van der Waals surface area (Å²) < 4.78 is 75.5. The number of aromatic nitrogens is 3. The Morgan fingerprint density at radius 1 is 1.28 bits per heavy atom. The van der Waals surface area contributed by atoms with Crippen molar-refractivity contribution < 1.29 is 36.0 Å². The van der Waals surface area contributed by atoms with Gasteiger partial charge in [-0.3, -0.25) is 9.52 Å². The Morgan fingerprint density at radius 2 is 2.08 bits per heavy atom. The van der Waals surface area contributed by atoms with E-state index in [1.54, 1.807) is 19.2 Å². The zero-order valence-corrected chi connectivity index (χ0v) is 22.7. The Morgan fingerprint density at radius 3 is 2.74 bits per heavy atom. The lowest BCUT2D eigenvalue weighted by molar-refractivity contribution is -0.0371. The van der Waals surface area contributed by atoms with Gasteiger partial charge in [0.05, 0.1) is 28.9 Å². The molecule has 0 radical (unpaired) electrons. The lowest BCUT2D eigenvalue weighted by atomic mass is 9.80. The Bertz CT molecular complexity index is 1520. The molecule has 2 aliphatic rings. The second kappa shape index (κ2) is 10.6. The highest BCUT2D eigenvalue weighted by atomic mass is 32.2. The molecule has 5 rings (SSSR count). The summed E-state index contributed by atoms with van der Waals surface area (Å²) in [5.41, 5.74) is -1.23. The third-order valence-electron chi connectivity index (χ3n) is 6.56. The minimum atomic E-state index is -4.02. The highest BCUT2D eigenvalue weighted by Gasteiger charge is 2.39. The molecule has 208 valence electrons. The monoisotopic (exact) mass is 562 g/mol. The number of anilines is 1. The zero-order valence-electron chi connectivity index (χ0n) is 21.9. The van der Waals surface area contributed by atoms with Gasteiger partial charge in [0.15, 0.2) is 17.7 Å². The van der Waals surface area contributed by atoms with Crippen LogP contribution in [0.1, 0.15) is 68.7 Å². The standard InChI is InChI=1S/C25H29BF2N4O6S/c1-4-11-39(34,35)31-22-18(27)9-8-16(20(22)28)23(33)21-17-12-15(26-37-14-25(2,3)38-26)13-29-24(17)32(30-21)19-7-5-6-10-36-19/h8-9,12-13,19,31H,4-7,10-11,14H2,1-3H3. The van der Waals surface area contributed by atoms with Crippen molar-refractivity contribution in [3.05, 3.63) is 47.3 Å². The van der Waals surface area contributed by atoms with Crippen LogP contribution in [-0.2, 0) is 24.1 Å². The normalized spacial score (nSPS) is 19.5. The van der Waals surface area contributed by atoms with Crippen molar-refractivity contribution in [3.8, 4) is 0 Å². The summed E-state index contributed by atoms with van der Waals surface area (Å²) in [6.07, 6.45) is 3.76. The van der Waals surface area contributed by atoms with Crippen molar-refractivity contribution in [1.29, 1.82) is 0 Å². The van der Waals surface area contributed by atoms with Crippen molar-refractivity contribution in [1.82, 2.24) is 14.8 Å². The number of fused-ring (bicyclic) bond motifs is 1. The maximum absolute atomic E-state index is 15.5. The van der Waals surface area contributed by atoms with Gasteiger partial charge in [-0.05, 0) is 57.7 Å². The lowest BCUT2D eigenvalue weighted by Gasteiger charge is -2.23. The van der Waals surface area contributed by atoms with Crippen LogP contribution in [0.5, 0.6) is 0 Å². The number of halogens is 2. The third kappa shape index (κ3) is 5.56. The van der Waals surface area contributed by atoms with Crippen LogP contribution in [0.2, 0.25) is 0 Å². The first kappa shape index (κ1) is 27.6. The Labute approximate surface area is 225 Å². The van der Waals surface area contributed by atoms with Crippen LogP contribution < -0.4 is 10.2 Å². The van der Waals surface area contributed by atoms with E-state index in [0.717, 1.165) is 25.0 Å². The number of nitrogens with one attached hydrogen (secondary N) is 1. The van der Waals surface area contributed by atoms with E-state index in [1.165, 1.54) is 4.68 Å². The van der Waals surface area contributed by atoms with Gasteiger partial charge in [0.1, 0.15) is 17.2 Å². The Balaban J connectivity index is 1.60. The highest BCUT2D eigenvalue weighted by molar-refractivity contribution is 7.92. The molecule has 2 fully saturated rings. The fourth-order valence-corrected chi connectivity index (χ4v) is 5.81. The molecule has 4 heterocycles. The minimum Gasteiger partial charge on any atom is -0.404 e. The van der Waals surface area contributed by atoms with E-state index in [1.807, 2.05) is 18.6 Å². The van der Waals surface area contributed by atoms with Gasteiger partial charge >= 0.3 is 7.12 Å². The van der Waals surface area contributed by atoms with Crippen LogP contribution in [0.25, 0.3) is 11.0 Å². The van der Waals surface area contributed by atoms with Gasteiger partial charge < -0.3 is 14.0 Å². The first-order chi connectivity index (χ1) is 18.5. The number of sulfonamides is 1. The third-order valence-corrected chi connectivity index (χ3v) is 8.02. The quantitative estimate of drug-likeness (QED) is 0.328. The lowest BCUT2D eigenvalue weighted by Crippen LogP contribution is -2.34. The van der Waals surface area contributed by atoms with E-state index >= 15 is 4.39 Å². The van der Waals surface area contributed by atoms with Crippen LogP contribution in [0, 0.1) is 11.6 Å². The highest BCUT2D eigenvalue weighted by Crippen LogP contribution is 2.31. The molecule has 0 spiro atoms. The van der Waals surface area contributed by atoms with Crippen LogP contribution in [0.15, 0.2) is 24.4 Å². The number of nitrogens with zero attached hydrogens (tertiary/aromatic N) is 3. The molecule has 0 aliphatic carbocycles. The molecular formula is C25H29BF2N4O6S. The maximum atomic E-state index is 15.5. The molecule has 2 aliphatic heterocycles. The minimum absolute atomic E-state index is 0.140. The van der Waals surface area contributed by atoms with Crippen molar-refractivity contribution in [2.45, 2.75) is 58.3 Å². The molecule has 0 bridgehead atoms. The van der Waals surface area contributed by atoms with Gasteiger partial charge in [0, 0.05) is 18.3 Å². The van der Waals surface area contributed by atoms with E-state index in [2.05, 4.69) is 10.1 Å². The predicted molar refractivity (Wildman–Crippen MR) is 140 cm³/mol. The molecule has 1 atom stereocenters. The average molecular weight is 562 g/mol. The molecule has 10 nitrogen and oxygen atoms in total. The number of ether oxygens (including phenoxy) is 1. The molecule has 39 heavy (non-hydrogen) atoms. The topological polar surface area (TPSA) is 122 Å². The van der Waals surface area contributed by atoms with E-state index in [0.29, 0.717) is 36.1 Å². The summed E-state index contributed by atoms with van der Waals surface area (Å²) >= 11 is 0. The van der Waals surface area contributed by atoms with E-state index in [9.17, 15) is 17.6 Å². The zero-order chi connectivity index (χ0) is 27.9. The molecule has 14 heteroatoms. The van der Waals surface area contributed by atoms with Gasteiger partial charge in [-0.2, -0.15) is 5.10 Å². The summed E-state index contributed by atoms with van der Waals surface area (Å²) in [6.45, 7) is 6.26. The molecule has 2 aromatic heterocycles. The van der Waals surface area contributed by atoms with Crippen molar-refractivity contribution in [3.63, 3.8) is 0 Å². The summed E-state index contributed by atoms with van der Waals surface area (Å²) in [4.78, 5) is 18.3. The molecular weight excluding hydrogens is 533 g/mol. The summed E-state index contributed by atoms with van der Waals surface area (Å²) in [6, 6.07) is 3.46. The van der Waals surface area contributed by atoms with Crippen LogP contribution >= 0.6 is 0 Å². The molecule has 1 unspecified atom stereocenters. The predicted octanol–water partition coefficient (Wildman–Crippen LogP) is 3.31. The number of benzene rings is 1. The molecule has 1 N–H and O–H groups in total. The number of pyridine rings is 1. The van der Waals surface area contributed by atoms with Crippen molar-refractivity contribution in [2.75, 3.05) is 23.7 Å². The molecule has 0 saturated carbocycles. The maximum Gasteiger partial charge on any atom is 0.496 e. The number of rotatable bonds is 8. The molecule has 3 aromatic rings. The first-order valence-electron chi connectivity index (χ1n) is 12.8. The van der Waals surface area contributed by atoms with Gasteiger partial charge in [-0.15, -0.1) is 0 Å². The summed E-state index contributed by atoms with van der Waals surface area (Å²) in [7, 11) is -4.75. The summed E-state index contributed by atoms with van der Waals surface area (Å²) in [5.74, 6) is -3.67. The smallest absolute Gasteiger partial charge is 0.404 e. The fourth-order valence-electron chi connectivity index (χ4n) is 4.68. The van der Waals surface area contributed by atoms with Gasteiger partial charge in [0.25, 0.3) is 0 Å². The molecule has 2 saturated heterocycles. The first-order valence-corrected chi connectivity index (χ1v) is 14.5. The Kier molecular flexibility index (Phi) is 7.48. The van der Waals surface area contributed by atoms with Crippen LogP contribution in [0.4, 0.5) is 14.5 Å². The fraction of sp³-hybridized carbons (Fsp3) is 0.480. The van der Waals surface area contributed by atoms with Gasteiger partial charge in [0.2, 0.25) is 15.8 Å². The van der Waals surface area contributed by atoms with E-state index in [-0.39, 0.29) is 17.9 Å². The summed E-state index contributed by atoms with van der Waals surface area (Å²) in [5, 5.41) is 4.79. The van der Waals surface area contributed by atoms with Gasteiger partial charge in [-0.1, -0.05) is 6.92 Å². The van der Waals surface area contributed by atoms with Gasteiger partial charge in [-0.25, -0.2) is 26.9 Å². The number of hydrogen-bond donors (Lipinski definition) is 1. The van der Waals surface area contributed by atoms with Crippen molar-refractivity contribution >= 4 is 45.1 Å². The van der Waals surface area contributed by atoms with Crippen LogP contribution in [-0.4, -0.2) is 60.7 Å². The average Bonchev–Trinajstić information content (AvgIpc) is 3.46. The number of carbonyl (C=O) groups excluding carboxylic acids is 1. The van der Waals surface area contributed by atoms with Crippen molar-refractivity contribution in [2.24, 2.45) is 0 Å². The van der Waals surface area contributed by atoms with Crippen LogP contribution in [0.3, 0.4) is 0 Å². The molecule has 0 amide bonds. The second-order valence-corrected chi connectivity index (χ2v) is 12.2. The largest absolute Gasteiger partial charge is 0.496 e. The number of carbonyl (C=O) groups is 1. The van der Waals surface area contributed by atoms with E-state index < -0.39 is 57.6 Å².